The van der Waals surface area contributed by atoms with E-state index in [9.17, 15) is 0 Å². The zero-order valence-corrected chi connectivity index (χ0v) is 39.8. The Hall–Kier alpha value is -6.11. The van der Waals surface area contributed by atoms with Crippen LogP contribution in [0.2, 0.25) is 0 Å². The number of aromatic nitrogens is 5. The molecule has 4 aromatic heterocycles. The molecule has 338 valence electrons. The lowest BCUT2D eigenvalue weighted by Gasteiger charge is -2.62. The van der Waals surface area contributed by atoms with E-state index in [0.717, 1.165) is 34.4 Å². The SMILES string of the molecule is CC.CC1CC2CC(C)C3(OC4(c5c3cc3c6c5c5cccc7c8ccccc8n(c8cccc(c68)n3-c3nc(-c6ccccc6)nc(-c6ccccc6)n3)c75)C3CC5CC(C3)CC4C5)C(C1)C2. The van der Waals surface area contributed by atoms with Gasteiger partial charge in [-0.3, -0.25) is 4.57 Å². The second kappa shape index (κ2) is 14.2. The summed E-state index contributed by atoms with van der Waals surface area (Å²) in [7, 11) is 0. The third kappa shape index (κ3) is 5.05. The molecule has 10 aromatic rings. The summed E-state index contributed by atoms with van der Waals surface area (Å²) in [5, 5.41) is 8.00. The Balaban J connectivity index is 0.00000208. The van der Waals surface area contributed by atoms with Crippen LogP contribution in [0.3, 0.4) is 0 Å². The lowest BCUT2D eigenvalue weighted by atomic mass is 9.48. The lowest BCUT2D eigenvalue weighted by Crippen LogP contribution is -2.58. The van der Waals surface area contributed by atoms with E-state index in [1.165, 1.54) is 118 Å². The van der Waals surface area contributed by atoms with Crippen LogP contribution >= 0.6 is 0 Å². The van der Waals surface area contributed by atoms with Crippen molar-refractivity contribution in [3.05, 3.63) is 139 Å². The molecule has 6 fully saturated rings. The van der Waals surface area contributed by atoms with Gasteiger partial charge in [-0.25, -0.2) is 4.98 Å². The first-order valence-corrected chi connectivity index (χ1v) is 26.2. The normalized spacial score (nSPS) is 30.2. The quantitative estimate of drug-likeness (QED) is 0.177. The van der Waals surface area contributed by atoms with E-state index in [1.807, 2.05) is 13.8 Å². The summed E-state index contributed by atoms with van der Waals surface area (Å²) in [6.07, 6.45) is 11.7. The molecule has 5 atom stereocenters. The van der Waals surface area contributed by atoms with E-state index in [0.29, 0.717) is 47.2 Å². The maximum absolute atomic E-state index is 8.71. The standard InChI is InChI=1S/C60H53N5O.C2H6/c1-33-23-35-25-34(2)59(40(24-33)27-35)46-32-50-53-51(54(46)60(66-59)41-28-36-26-37(30-41)31-42(60)29-36)45-19-11-18-44-43-17-9-10-20-47(43)64(55(44)45)48-21-12-22-49(52(48)53)65(50)58-62-56(38-13-5-3-6-14-38)61-57(63-58)39-15-7-4-8-16-39;1-2/h3-22,32-37,40-42H,23-31H2,1-2H3;1-2H3. The monoisotopic (exact) mass is 889 g/mol. The summed E-state index contributed by atoms with van der Waals surface area (Å²) in [5.74, 6) is 7.06. The minimum absolute atomic E-state index is 0.325. The highest BCUT2D eigenvalue weighted by atomic mass is 16.5. The van der Waals surface area contributed by atoms with Crippen molar-refractivity contribution in [2.45, 2.75) is 96.7 Å². The molecule has 68 heavy (non-hydrogen) atoms. The first-order valence-electron chi connectivity index (χ1n) is 26.2. The Morgan fingerprint density at radius 3 is 1.76 bits per heavy atom. The van der Waals surface area contributed by atoms with Gasteiger partial charge in [0, 0.05) is 43.4 Å². The molecule has 7 aliphatic rings. The summed E-state index contributed by atoms with van der Waals surface area (Å²) in [5.41, 5.74) is 10.4. The number of para-hydroxylation sites is 2. The van der Waals surface area contributed by atoms with Crippen LogP contribution in [0, 0.1) is 47.3 Å². The van der Waals surface area contributed by atoms with Gasteiger partial charge in [0.2, 0.25) is 5.95 Å². The van der Waals surface area contributed by atoms with Crippen molar-refractivity contribution >= 4 is 59.9 Å². The van der Waals surface area contributed by atoms with Gasteiger partial charge in [-0.2, -0.15) is 9.97 Å². The zero-order chi connectivity index (χ0) is 45.2. The molecule has 6 aromatic carbocycles. The topological polar surface area (TPSA) is 57.2 Å². The van der Waals surface area contributed by atoms with Crippen LogP contribution in [0.4, 0.5) is 0 Å². The van der Waals surface area contributed by atoms with Gasteiger partial charge in [0.25, 0.3) is 0 Å². The van der Waals surface area contributed by atoms with Gasteiger partial charge in [-0.05, 0) is 141 Å². The Kier molecular flexibility index (Phi) is 8.34. The molecule has 6 heteroatoms. The summed E-state index contributed by atoms with van der Waals surface area (Å²) >= 11 is 0. The number of nitrogens with zero attached hydrogens (tertiary/aromatic N) is 5. The average molecular weight is 890 g/mol. The first kappa shape index (κ1) is 39.8. The van der Waals surface area contributed by atoms with Crippen molar-refractivity contribution in [1.29, 1.82) is 0 Å². The van der Waals surface area contributed by atoms with E-state index in [2.05, 4.69) is 150 Å². The van der Waals surface area contributed by atoms with Crippen molar-refractivity contribution < 1.29 is 4.74 Å². The zero-order valence-electron chi connectivity index (χ0n) is 39.8. The molecule has 0 amide bonds. The molecule has 5 unspecified atom stereocenters. The maximum atomic E-state index is 8.71. The molecule has 6 bridgehead atoms. The highest BCUT2D eigenvalue weighted by Crippen LogP contribution is 2.73. The third-order valence-electron chi connectivity index (χ3n) is 18.7. The van der Waals surface area contributed by atoms with E-state index in [4.69, 9.17) is 19.7 Å². The molecule has 0 saturated heterocycles. The number of rotatable bonds is 3. The van der Waals surface area contributed by atoms with E-state index < -0.39 is 0 Å². The van der Waals surface area contributed by atoms with E-state index >= 15 is 0 Å². The van der Waals surface area contributed by atoms with Crippen molar-refractivity contribution in [3.8, 4) is 28.7 Å². The Bertz CT molecular complexity index is 3570. The van der Waals surface area contributed by atoms with Crippen molar-refractivity contribution in [2.75, 3.05) is 0 Å². The van der Waals surface area contributed by atoms with Crippen LogP contribution in [0.1, 0.15) is 96.6 Å². The molecule has 0 N–H and O–H groups in total. The van der Waals surface area contributed by atoms with Gasteiger partial charge in [0.05, 0.1) is 27.6 Å². The first-order chi connectivity index (χ1) is 33.5. The molecule has 5 heterocycles. The molecular weight excluding hydrogens is 831 g/mol. The predicted octanol–water partition coefficient (Wildman–Crippen LogP) is 15.4. The van der Waals surface area contributed by atoms with Gasteiger partial charge in [-0.1, -0.05) is 131 Å². The fourth-order valence-corrected chi connectivity index (χ4v) is 16.8. The Labute approximate surface area is 398 Å². The van der Waals surface area contributed by atoms with Crippen LogP contribution < -0.4 is 0 Å². The molecule has 17 rings (SSSR count). The smallest absolute Gasteiger partial charge is 0.238 e. The van der Waals surface area contributed by atoms with Gasteiger partial charge in [0.15, 0.2) is 11.6 Å². The Morgan fingerprint density at radius 2 is 1.06 bits per heavy atom. The number of benzene rings is 6. The maximum Gasteiger partial charge on any atom is 0.238 e. The van der Waals surface area contributed by atoms with Gasteiger partial charge < -0.3 is 9.14 Å². The second-order valence-corrected chi connectivity index (χ2v) is 22.1. The van der Waals surface area contributed by atoms with Crippen molar-refractivity contribution in [1.82, 2.24) is 23.9 Å². The minimum atomic E-state index is -0.374. The molecule has 1 aliphatic heterocycles. The number of hydrogen-bond acceptors (Lipinski definition) is 4. The minimum Gasteiger partial charge on any atom is -0.358 e. The molecular formula is C62H59N5O. The largest absolute Gasteiger partial charge is 0.358 e. The van der Waals surface area contributed by atoms with Gasteiger partial charge in [-0.15, -0.1) is 0 Å². The van der Waals surface area contributed by atoms with Crippen LogP contribution in [-0.4, -0.2) is 23.9 Å². The van der Waals surface area contributed by atoms with Crippen molar-refractivity contribution in [3.63, 3.8) is 0 Å². The molecule has 6 aliphatic carbocycles. The number of hydrogen-bond donors (Lipinski definition) is 0. The third-order valence-corrected chi connectivity index (χ3v) is 18.7. The highest BCUT2D eigenvalue weighted by Gasteiger charge is 2.70. The van der Waals surface area contributed by atoms with Crippen LogP contribution in [-0.2, 0) is 15.9 Å². The second-order valence-electron chi connectivity index (χ2n) is 22.1. The number of ether oxygens (including phenoxy) is 1. The van der Waals surface area contributed by atoms with Crippen LogP contribution in [0.15, 0.2) is 127 Å². The van der Waals surface area contributed by atoms with E-state index in [1.54, 1.807) is 5.56 Å². The van der Waals surface area contributed by atoms with Crippen LogP contribution in [0.25, 0.3) is 88.6 Å². The Morgan fingerprint density at radius 1 is 0.485 bits per heavy atom. The molecule has 2 spiro atoms. The average Bonchev–Trinajstić information content (AvgIpc) is 3.97. The summed E-state index contributed by atoms with van der Waals surface area (Å²) < 4.78 is 13.8. The summed E-state index contributed by atoms with van der Waals surface area (Å²) in [4.78, 5) is 16.2. The molecule has 6 saturated carbocycles. The number of fused-ring (bicyclic) bond motifs is 11. The van der Waals surface area contributed by atoms with Crippen molar-refractivity contribution in [2.24, 2.45) is 47.3 Å². The lowest BCUT2D eigenvalue weighted by molar-refractivity contribution is -0.290. The fraction of sp³-hybridized carbons (Fsp3) is 0.371. The van der Waals surface area contributed by atoms with Crippen LogP contribution in [0.5, 0.6) is 0 Å². The van der Waals surface area contributed by atoms with Gasteiger partial charge >= 0.3 is 0 Å². The summed E-state index contributed by atoms with van der Waals surface area (Å²) in [6, 6.07) is 46.9. The van der Waals surface area contributed by atoms with E-state index in [-0.39, 0.29) is 11.2 Å². The molecule has 0 radical (unpaired) electrons. The predicted molar refractivity (Wildman–Crippen MR) is 276 cm³/mol. The fourth-order valence-electron chi connectivity index (χ4n) is 16.8. The molecule has 6 nitrogen and oxygen atoms in total. The van der Waals surface area contributed by atoms with Gasteiger partial charge in [0.1, 0.15) is 11.2 Å². The highest BCUT2D eigenvalue weighted by molar-refractivity contribution is 6.32. The summed E-state index contributed by atoms with van der Waals surface area (Å²) in [6.45, 7) is 9.12.